The highest BCUT2D eigenvalue weighted by atomic mass is 32.1. The van der Waals surface area contributed by atoms with Gasteiger partial charge >= 0.3 is 0 Å². The number of ether oxygens (including phenoxy) is 2. The van der Waals surface area contributed by atoms with Crippen LogP contribution in [0.5, 0.6) is 5.75 Å². The topological polar surface area (TPSA) is 47.7 Å². The number of hydrogen-bond donors (Lipinski definition) is 1. The molecule has 2 fully saturated rings. The van der Waals surface area contributed by atoms with Gasteiger partial charge in [-0.2, -0.15) is 13.5 Å². The molecule has 2 aliphatic rings. The summed E-state index contributed by atoms with van der Waals surface area (Å²) in [7, 11) is 1.81. The van der Waals surface area contributed by atoms with E-state index in [0.717, 1.165) is 51.4 Å². The van der Waals surface area contributed by atoms with E-state index in [0.29, 0.717) is 6.10 Å². The minimum Gasteiger partial charge on any atom is -0.494 e. The molecule has 1 aliphatic heterocycles. The largest absolute Gasteiger partial charge is 0.494 e. The molecule has 4 nitrogen and oxygen atoms in total. The average molecular weight is 381 g/mol. The van der Waals surface area contributed by atoms with Crippen LogP contribution in [0.25, 0.3) is 0 Å². The summed E-state index contributed by atoms with van der Waals surface area (Å²) in [4.78, 5) is 2.47. The molecule has 2 N–H and O–H groups in total. The highest BCUT2D eigenvalue weighted by Crippen LogP contribution is 2.39. The fourth-order valence-corrected chi connectivity index (χ4v) is 4.41. The molecule has 1 heterocycles. The van der Waals surface area contributed by atoms with E-state index >= 15 is 0 Å². The van der Waals surface area contributed by atoms with E-state index in [1.807, 2.05) is 7.11 Å². The van der Waals surface area contributed by atoms with Crippen LogP contribution in [0.4, 0.5) is 0 Å². The quantitative estimate of drug-likeness (QED) is 0.702. The lowest BCUT2D eigenvalue weighted by Gasteiger charge is -2.36. The van der Waals surface area contributed by atoms with E-state index < -0.39 is 0 Å². The van der Waals surface area contributed by atoms with Crippen molar-refractivity contribution in [3.8, 4) is 5.75 Å². The summed E-state index contributed by atoms with van der Waals surface area (Å²) in [6.45, 7) is 4.83. The smallest absolute Gasteiger partial charge is 0.119 e. The maximum atomic E-state index is 6.14. The number of hydrogen-bond acceptors (Lipinski definition) is 4. The van der Waals surface area contributed by atoms with Gasteiger partial charge in [0.25, 0.3) is 0 Å². The van der Waals surface area contributed by atoms with Crippen molar-refractivity contribution in [1.82, 2.24) is 4.90 Å². The van der Waals surface area contributed by atoms with E-state index in [-0.39, 0.29) is 18.9 Å². The molecule has 1 aromatic carbocycles. The van der Waals surface area contributed by atoms with E-state index in [9.17, 15) is 0 Å². The zero-order valence-corrected chi connectivity index (χ0v) is 17.2. The molecule has 0 radical (unpaired) electrons. The molecule has 1 saturated heterocycles. The van der Waals surface area contributed by atoms with E-state index in [1.165, 1.54) is 37.7 Å². The summed E-state index contributed by atoms with van der Waals surface area (Å²) < 4.78 is 11.4. The first-order valence-electron chi connectivity index (χ1n) is 9.94. The molecule has 0 bridgehead atoms. The van der Waals surface area contributed by atoms with Crippen molar-refractivity contribution in [2.45, 2.75) is 56.5 Å². The van der Waals surface area contributed by atoms with Crippen molar-refractivity contribution in [1.29, 1.82) is 0 Å². The molecule has 0 amide bonds. The van der Waals surface area contributed by atoms with Crippen molar-refractivity contribution < 1.29 is 9.47 Å². The second-order valence-electron chi connectivity index (χ2n) is 7.72. The Morgan fingerprint density at radius 1 is 1.15 bits per heavy atom. The minimum atomic E-state index is 0. The predicted octanol–water partition coefficient (Wildman–Crippen LogP) is 3.45. The molecule has 0 aromatic heterocycles. The summed E-state index contributed by atoms with van der Waals surface area (Å²) >= 11 is 0. The summed E-state index contributed by atoms with van der Waals surface area (Å²) in [6.07, 6.45) is 9.04. The Morgan fingerprint density at radius 3 is 2.50 bits per heavy atom. The molecule has 1 aliphatic carbocycles. The van der Waals surface area contributed by atoms with Crippen LogP contribution in [0.3, 0.4) is 0 Å². The van der Waals surface area contributed by atoms with Gasteiger partial charge in [-0.15, -0.1) is 0 Å². The highest BCUT2D eigenvalue weighted by Gasteiger charge is 2.32. The Kier molecular flexibility index (Phi) is 8.74. The summed E-state index contributed by atoms with van der Waals surface area (Å²) in [5.74, 6) is 0.975. The molecule has 148 valence electrons. The normalized spacial score (nSPS) is 22.8. The van der Waals surface area contributed by atoms with Crippen molar-refractivity contribution in [3.63, 3.8) is 0 Å². The second kappa shape index (κ2) is 10.5. The number of nitrogens with two attached hydrogens (primary N) is 1. The maximum absolute atomic E-state index is 6.14. The molecule has 1 aromatic rings. The molecule has 1 saturated carbocycles. The van der Waals surface area contributed by atoms with Crippen molar-refractivity contribution >= 4 is 13.5 Å². The summed E-state index contributed by atoms with van der Waals surface area (Å²) in [5, 5.41) is 0. The van der Waals surface area contributed by atoms with Crippen LogP contribution >= 0.6 is 13.5 Å². The van der Waals surface area contributed by atoms with Crippen LogP contribution in [-0.4, -0.2) is 50.9 Å². The lowest BCUT2D eigenvalue weighted by atomic mass is 9.69. The summed E-state index contributed by atoms with van der Waals surface area (Å²) in [5.41, 5.74) is 7.73. The lowest BCUT2D eigenvalue weighted by Crippen LogP contribution is -2.37. The monoisotopic (exact) mass is 380 g/mol. The first-order chi connectivity index (χ1) is 12.3. The standard InChI is InChI=1S/C21H34N2O2.H2S/c1-24-20-10-14-23(16-20)13-5-15-25-19-8-6-18(7-9-19)21(17-22)11-3-2-4-12-21;/h6-9,20H,2-5,10-17,22H2,1H3;1H2/t20-;/m0./s1. The number of methoxy groups -OCH3 is 1. The molecule has 3 rings (SSSR count). The Labute approximate surface area is 165 Å². The van der Waals surface area contributed by atoms with Crippen LogP contribution in [0.15, 0.2) is 24.3 Å². The number of rotatable bonds is 8. The van der Waals surface area contributed by atoms with Crippen LogP contribution < -0.4 is 10.5 Å². The van der Waals surface area contributed by atoms with E-state index in [2.05, 4.69) is 29.2 Å². The first-order valence-corrected chi connectivity index (χ1v) is 9.94. The highest BCUT2D eigenvalue weighted by molar-refractivity contribution is 7.59. The molecule has 1 atom stereocenters. The second-order valence-corrected chi connectivity index (χ2v) is 7.72. The van der Waals surface area contributed by atoms with Gasteiger partial charge in [0.2, 0.25) is 0 Å². The summed E-state index contributed by atoms with van der Waals surface area (Å²) in [6, 6.07) is 8.71. The maximum Gasteiger partial charge on any atom is 0.119 e. The van der Waals surface area contributed by atoms with Gasteiger partial charge in [-0.25, -0.2) is 0 Å². The van der Waals surface area contributed by atoms with Crippen LogP contribution in [0.1, 0.15) is 50.5 Å². The average Bonchev–Trinajstić information content (AvgIpc) is 3.14. The van der Waals surface area contributed by atoms with Gasteiger partial charge in [0.15, 0.2) is 0 Å². The molecule has 0 unspecified atom stereocenters. The van der Waals surface area contributed by atoms with Gasteiger partial charge in [0.1, 0.15) is 5.75 Å². The Bertz CT molecular complexity index is 517. The number of benzene rings is 1. The van der Waals surface area contributed by atoms with Gasteiger partial charge in [-0.3, -0.25) is 0 Å². The zero-order valence-electron chi connectivity index (χ0n) is 16.2. The van der Waals surface area contributed by atoms with Gasteiger partial charge in [0.05, 0.1) is 12.7 Å². The molecule has 26 heavy (non-hydrogen) atoms. The SMILES string of the molecule is CO[C@H]1CCN(CCCOc2ccc(C3(CN)CCCCC3)cc2)C1.S. The molecule has 0 spiro atoms. The van der Waals surface area contributed by atoms with E-state index in [4.69, 9.17) is 15.2 Å². The lowest BCUT2D eigenvalue weighted by molar-refractivity contribution is 0.107. The Morgan fingerprint density at radius 2 is 1.88 bits per heavy atom. The first kappa shape index (κ1) is 21.5. The van der Waals surface area contributed by atoms with Crippen LogP contribution in [0, 0.1) is 0 Å². The van der Waals surface area contributed by atoms with Gasteiger partial charge in [0, 0.05) is 38.7 Å². The predicted molar refractivity (Wildman–Crippen MR) is 113 cm³/mol. The zero-order chi connectivity index (χ0) is 17.5. The molecular weight excluding hydrogens is 344 g/mol. The Balaban J connectivity index is 0.00000243. The minimum absolute atomic E-state index is 0. The van der Waals surface area contributed by atoms with Crippen molar-refractivity contribution in [2.75, 3.05) is 39.9 Å². The van der Waals surface area contributed by atoms with Crippen LogP contribution in [0.2, 0.25) is 0 Å². The fraction of sp³-hybridized carbons (Fsp3) is 0.714. The third-order valence-electron chi connectivity index (χ3n) is 6.12. The fourth-order valence-electron chi connectivity index (χ4n) is 4.41. The van der Waals surface area contributed by atoms with Crippen LogP contribution in [-0.2, 0) is 10.2 Å². The third-order valence-corrected chi connectivity index (χ3v) is 6.12. The van der Waals surface area contributed by atoms with Crippen molar-refractivity contribution in [3.05, 3.63) is 29.8 Å². The van der Waals surface area contributed by atoms with Gasteiger partial charge in [-0.1, -0.05) is 31.4 Å². The molecular formula is C21H36N2O2S. The molecule has 5 heteroatoms. The Hall–Kier alpha value is -0.750. The number of likely N-dealkylation sites (tertiary alicyclic amines) is 1. The van der Waals surface area contributed by atoms with Crippen molar-refractivity contribution in [2.24, 2.45) is 5.73 Å². The number of nitrogens with zero attached hydrogens (tertiary/aromatic N) is 1. The van der Waals surface area contributed by atoms with E-state index in [1.54, 1.807) is 0 Å². The van der Waals surface area contributed by atoms with Gasteiger partial charge in [-0.05, 0) is 43.4 Å². The van der Waals surface area contributed by atoms with Gasteiger partial charge < -0.3 is 20.1 Å². The third kappa shape index (κ3) is 5.38.